The van der Waals surface area contributed by atoms with Gasteiger partial charge in [0, 0.05) is 31.4 Å². The summed E-state index contributed by atoms with van der Waals surface area (Å²) in [5.41, 5.74) is 7.35. The van der Waals surface area contributed by atoms with E-state index < -0.39 is 10.2 Å². The van der Waals surface area contributed by atoms with Gasteiger partial charge in [0.15, 0.2) is 0 Å². The van der Waals surface area contributed by atoms with Crippen LogP contribution >= 0.6 is 0 Å². The van der Waals surface area contributed by atoms with E-state index in [2.05, 4.69) is 0 Å². The van der Waals surface area contributed by atoms with E-state index in [0.29, 0.717) is 12.2 Å². The van der Waals surface area contributed by atoms with Gasteiger partial charge in [-0.25, -0.2) is 0 Å². The molecule has 0 amide bonds. The summed E-state index contributed by atoms with van der Waals surface area (Å²) in [4.78, 5) is 0. The van der Waals surface area contributed by atoms with Gasteiger partial charge < -0.3 is 5.73 Å². The summed E-state index contributed by atoms with van der Waals surface area (Å²) in [5, 5.41) is 0. The van der Waals surface area contributed by atoms with Crippen LogP contribution in [0.2, 0.25) is 0 Å². The first-order chi connectivity index (χ1) is 9.32. The van der Waals surface area contributed by atoms with Crippen molar-refractivity contribution in [2.75, 3.05) is 12.8 Å². The Labute approximate surface area is 121 Å². The summed E-state index contributed by atoms with van der Waals surface area (Å²) in [6.45, 7) is 4.14. The van der Waals surface area contributed by atoms with Crippen LogP contribution in [0.5, 0.6) is 0 Å². The Morgan fingerprint density at radius 2 is 2.00 bits per heavy atom. The summed E-state index contributed by atoms with van der Waals surface area (Å²) >= 11 is 0. The van der Waals surface area contributed by atoms with Gasteiger partial charge in [-0.15, -0.1) is 0 Å². The predicted octanol–water partition coefficient (Wildman–Crippen LogP) is 1.82. The van der Waals surface area contributed by atoms with E-state index in [9.17, 15) is 8.42 Å². The molecule has 1 fully saturated rings. The van der Waals surface area contributed by atoms with Gasteiger partial charge in [-0.1, -0.05) is 12.1 Å². The Hall–Kier alpha value is -1.11. The van der Waals surface area contributed by atoms with Crippen molar-refractivity contribution in [3.63, 3.8) is 0 Å². The fourth-order valence-electron chi connectivity index (χ4n) is 2.06. The van der Waals surface area contributed by atoms with Crippen LogP contribution in [0.1, 0.15) is 32.3 Å². The maximum absolute atomic E-state index is 12.7. The minimum atomic E-state index is -3.42. The predicted molar refractivity (Wildman–Crippen MR) is 81.2 cm³/mol. The van der Waals surface area contributed by atoms with Crippen LogP contribution in [0.3, 0.4) is 0 Å². The number of rotatable bonds is 6. The number of nitrogen functional groups attached to an aromatic ring is 1. The molecule has 1 saturated carbocycles. The molecule has 2 rings (SSSR count). The first-order valence-corrected chi connectivity index (χ1v) is 8.31. The Bertz CT molecular complexity index is 568. The highest BCUT2D eigenvalue weighted by molar-refractivity contribution is 7.86. The molecule has 0 saturated heterocycles. The van der Waals surface area contributed by atoms with Crippen LogP contribution in [-0.4, -0.2) is 36.2 Å². The number of benzene rings is 1. The van der Waals surface area contributed by atoms with Gasteiger partial charge in [0.2, 0.25) is 0 Å². The molecule has 0 aromatic heterocycles. The standard InChI is InChI=1S/C14H23N3O2S/c1-11(2)16(3)20(18,19)17(14-7-8-14)10-12-5-4-6-13(15)9-12/h4-6,9,11,14H,7-8,10,15H2,1-3H3. The number of hydrogen-bond donors (Lipinski definition) is 1. The third kappa shape index (κ3) is 3.31. The molecule has 2 N–H and O–H groups in total. The van der Waals surface area contributed by atoms with Crippen molar-refractivity contribution in [1.82, 2.24) is 8.61 Å². The van der Waals surface area contributed by atoms with Crippen LogP contribution < -0.4 is 5.73 Å². The van der Waals surface area contributed by atoms with Crippen molar-refractivity contribution in [2.45, 2.75) is 45.3 Å². The summed E-state index contributed by atoms with van der Waals surface area (Å²) in [5.74, 6) is 0. The average molecular weight is 297 g/mol. The molecule has 0 bridgehead atoms. The fourth-order valence-corrected chi connectivity index (χ4v) is 3.83. The Morgan fingerprint density at radius 1 is 1.35 bits per heavy atom. The quantitative estimate of drug-likeness (QED) is 0.814. The van der Waals surface area contributed by atoms with E-state index in [1.54, 1.807) is 17.4 Å². The van der Waals surface area contributed by atoms with Gasteiger partial charge >= 0.3 is 0 Å². The molecule has 1 aliphatic carbocycles. The Morgan fingerprint density at radius 3 is 2.50 bits per heavy atom. The third-order valence-electron chi connectivity index (χ3n) is 3.63. The molecule has 0 heterocycles. The lowest BCUT2D eigenvalue weighted by Crippen LogP contribution is -2.45. The van der Waals surface area contributed by atoms with E-state index in [-0.39, 0.29) is 12.1 Å². The molecule has 0 spiro atoms. The van der Waals surface area contributed by atoms with Crippen LogP contribution in [-0.2, 0) is 16.8 Å². The molecular weight excluding hydrogens is 274 g/mol. The second kappa shape index (κ2) is 5.71. The zero-order valence-corrected chi connectivity index (χ0v) is 13.1. The normalized spacial score (nSPS) is 16.3. The Kier molecular flexibility index (Phi) is 4.36. The summed E-state index contributed by atoms with van der Waals surface area (Å²) in [6.07, 6.45) is 1.88. The lowest BCUT2D eigenvalue weighted by Gasteiger charge is -2.29. The second-order valence-electron chi connectivity index (χ2n) is 5.64. The third-order valence-corrected chi connectivity index (χ3v) is 5.80. The van der Waals surface area contributed by atoms with Crippen LogP contribution in [0.4, 0.5) is 5.69 Å². The molecule has 0 aliphatic heterocycles. The Balaban J connectivity index is 2.24. The summed E-state index contributed by atoms with van der Waals surface area (Å²) < 4.78 is 28.4. The molecule has 20 heavy (non-hydrogen) atoms. The van der Waals surface area contributed by atoms with Crippen LogP contribution in [0.15, 0.2) is 24.3 Å². The zero-order chi connectivity index (χ0) is 14.9. The van der Waals surface area contributed by atoms with Gasteiger partial charge in [-0.05, 0) is 44.4 Å². The lowest BCUT2D eigenvalue weighted by molar-refractivity contribution is 0.325. The molecule has 0 unspecified atom stereocenters. The van der Waals surface area contributed by atoms with Crippen LogP contribution in [0.25, 0.3) is 0 Å². The van der Waals surface area contributed by atoms with Crippen molar-refractivity contribution in [3.8, 4) is 0 Å². The van der Waals surface area contributed by atoms with Gasteiger partial charge in [0.1, 0.15) is 0 Å². The molecular formula is C14H23N3O2S. The van der Waals surface area contributed by atoms with Crippen molar-refractivity contribution >= 4 is 15.9 Å². The van der Waals surface area contributed by atoms with E-state index in [0.717, 1.165) is 18.4 Å². The monoisotopic (exact) mass is 297 g/mol. The van der Waals surface area contributed by atoms with Crippen molar-refractivity contribution < 1.29 is 8.42 Å². The molecule has 5 nitrogen and oxygen atoms in total. The average Bonchev–Trinajstić information content (AvgIpc) is 3.19. The zero-order valence-electron chi connectivity index (χ0n) is 12.3. The molecule has 112 valence electrons. The number of hydrogen-bond acceptors (Lipinski definition) is 3. The van der Waals surface area contributed by atoms with Crippen molar-refractivity contribution in [1.29, 1.82) is 0 Å². The molecule has 0 radical (unpaired) electrons. The summed E-state index contributed by atoms with van der Waals surface area (Å²) in [6, 6.07) is 7.48. The second-order valence-corrected chi connectivity index (χ2v) is 7.58. The highest BCUT2D eigenvalue weighted by Crippen LogP contribution is 2.32. The number of nitrogens with zero attached hydrogens (tertiary/aromatic N) is 2. The van der Waals surface area contributed by atoms with E-state index in [1.165, 1.54) is 4.31 Å². The maximum Gasteiger partial charge on any atom is 0.282 e. The van der Waals surface area contributed by atoms with Gasteiger partial charge in [0.25, 0.3) is 10.2 Å². The smallest absolute Gasteiger partial charge is 0.282 e. The number of anilines is 1. The van der Waals surface area contributed by atoms with Crippen molar-refractivity contribution in [2.24, 2.45) is 0 Å². The number of nitrogens with two attached hydrogens (primary N) is 1. The van der Waals surface area contributed by atoms with E-state index in [1.807, 2.05) is 32.0 Å². The van der Waals surface area contributed by atoms with Crippen molar-refractivity contribution in [3.05, 3.63) is 29.8 Å². The first kappa shape index (κ1) is 15.3. The molecule has 0 atom stereocenters. The minimum absolute atomic E-state index is 0.0536. The molecule has 6 heteroatoms. The van der Waals surface area contributed by atoms with Gasteiger partial charge in [-0.2, -0.15) is 17.0 Å². The topological polar surface area (TPSA) is 66.6 Å². The first-order valence-electron chi connectivity index (χ1n) is 6.91. The highest BCUT2D eigenvalue weighted by Gasteiger charge is 2.39. The van der Waals surface area contributed by atoms with E-state index >= 15 is 0 Å². The largest absolute Gasteiger partial charge is 0.399 e. The van der Waals surface area contributed by atoms with E-state index in [4.69, 9.17) is 5.73 Å². The lowest BCUT2D eigenvalue weighted by atomic mass is 10.2. The fraction of sp³-hybridized carbons (Fsp3) is 0.571. The maximum atomic E-state index is 12.7. The summed E-state index contributed by atoms with van der Waals surface area (Å²) in [7, 11) is -1.79. The SMILES string of the molecule is CC(C)N(C)S(=O)(=O)N(Cc1cccc(N)c1)C1CC1. The minimum Gasteiger partial charge on any atom is -0.399 e. The molecule has 1 aromatic carbocycles. The van der Waals surface area contributed by atoms with Gasteiger partial charge in [0.05, 0.1) is 0 Å². The van der Waals surface area contributed by atoms with Gasteiger partial charge in [-0.3, -0.25) is 0 Å². The molecule has 1 aromatic rings. The van der Waals surface area contributed by atoms with Crippen LogP contribution in [0, 0.1) is 0 Å². The highest BCUT2D eigenvalue weighted by atomic mass is 32.2. The molecule has 1 aliphatic rings.